The zero-order chi connectivity index (χ0) is 12.3. The van der Waals surface area contributed by atoms with Gasteiger partial charge in [0.25, 0.3) is 0 Å². The quantitative estimate of drug-likeness (QED) is 0.874. The van der Waals surface area contributed by atoms with Crippen LogP contribution in [0.15, 0.2) is 18.2 Å². The lowest BCUT2D eigenvalue weighted by Gasteiger charge is -2.35. The van der Waals surface area contributed by atoms with Gasteiger partial charge < -0.3 is 15.4 Å². The first-order valence-corrected chi connectivity index (χ1v) is 6.09. The minimum atomic E-state index is -0.227. The van der Waals surface area contributed by atoms with Gasteiger partial charge in [0, 0.05) is 25.3 Å². The summed E-state index contributed by atoms with van der Waals surface area (Å²) in [5, 5.41) is 0. The molecule has 2 N–H and O–H groups in total. The Morgan fingerprint density at radius 1 is 1.53 bits per heavy atom. The van der Waals surface area contributed by atoms with Crippen molar-refractivity contribution in [3.05, 3.63) is 29.6 Å². The van der Waals surface area contributed by atoms with Gasteiger partial charge in [-0.05, 0) is 30.2 Å². The summed E-state index contributed by atoms with van der Waals surface area (Å²) >= 11 is 0. The van der Waals surface area contributed by atoms with Crippen LogP contribution < -0.4 is 10.6 Å². The van der Waals surface area contributed by atoms with E-state index in [4.69, 9.17) is 10.5 Å². The molecule has 0 spiro atoms. The molecule has 2 rings (SSSR count). The highest BCUT2D eigenvalue weighted by atomic mass is 19.1. The molecule has 1 saturated heterocycles. The van der Waals surface area contributed by atoms with Crippen molar-refractivity contribution in [1.82, 2.24) is 0 Å². The summed E-state index contributed by atoms with van der Waals surface area (Å²) in [6.45, 7) is 4.90. The van der Waals surface area contributed by atoms with Crippen LogP contribution in [-0.2, 0) is 11.3 Å². The number of nitrogens with two attached hydrogens (primary N) is 1. The number of nitrogens with zero attached hydrogens (tertiary/aromatic N) is 1. The number of hydrogen-bond acceptors (Lipinski definition) is 3. The van der Waals surface area contributed by atoms with Gasteiger partial charge in [0.15, 0.2) is 0 Å². The Morgan fingerprint density at radius 2 is 2.35 bits per heavy atom. The maximum absolute atomic E-state index is 13.1. The molecule has 0 saturated carbocycles. The molecule has 1 aromatic rings. The summed E-state index contributed by atoms with van der Waals surface area (Å²) in [7, 11) is 0. The van der Waals surface area contributed by atoms with Crippen molar-refractivity contribution in [1.29, 1.82) is 0 Å². The number of halogens is 1. The maximum atomic E-state index is 13.1. The van der Waals surface area contributed by atoms with Crippen molar-refractivity contribution in [3.63, 3.8) is 0 Å². The largest absolute Gasteiger partial charge is 0.375 e. The van der Waals surface area contributed by atoms with Crippen molar-refractivity contribution in [2.45, 2.75) is 26.0 Å². The molecule has 1 unspecified atom stereocenters. The van der Waals surface area contributed by atoms with Crippen LogP contribution in [0.3, 0.4) is 0 Å². The molecular weight excluding hydrogens is 219 g/mol. The molecule has 17 heavy (non-hydrogen) atoms. The summed E-state index contributed by atoms with van der Waals surface area (Å²) in [5.41, 5.74) is 7.57. The lowest BCUT2D eigenvalue weighted by atomic mass is 10.1. The number of anilines is 1. The third-order valence-corrected chi connectivity index (χ3v) is 3.20. The summed E-state index contributed by atoms with van der Waals surface area (Å²) in [4.78, 5) is 2.24. The summed E-state index contributed by atoms with van der Waals surface area (Å²) in [6.07, 6.45) is 1.26. The molecule has 94 valence electrons. The van der Waals surface area contributed by atoms with Gasteiger partial charge in [-0.15, -0.1) is 0 Å². The fourth-order valence-electron chi connectivity index (χ4n) is 2.21. The predicted molar refractivity (Wildman–Crippen MR) is 66.5 cm³/mol. The highest BCUT2D eigenvalue weighted by Gasteiger charge is 2.20. The van der Waals surface area contributed by atoms with Gasteiger partial charge >= 0.3 is 0 Å². The van der Waals surface area contributed by atoms with E-state index in [1.54, 1.807) is 0 Å². The lowest BCUT2D eigenvalue weighted by Crippen LogP contribution is -2.42. The third-order valence-electron chi connectivity index (χ3n) is 3.20. The van der Waals surface area contributed by atoms with Crippen molar-refractivity contribution in [2.24, 2.45) is 5.73 Å². The second-order valence-corrected chi connectivity index (χ2v) is 4.32. The SMILES string of the molecule is CCC1CN(c2ccc(F)cc2CN)CCO1. The number of benzene rings is 1. The van der Waals surface area contributed by atoms with Gasteiger partial charge in [0.1, 0.15) is 5.82 Å². The van der Waals surface area contributed by atoms with E-state index >= 15 is 0 Å². The molecule has 3 nitrogen and oxygen atoms in total. The normalized spacial score (nSPS) is 20.6. The fraction of sp³-hybridized carbons (Fsp3) is 0.538. The zero-order valence-corrected chi connectivity index (χ0v) is 10.2. The number of hydrogen-bond donors (Lipinski definition) is 1. The first kappa shape index (κ1) is 12.3. The fourth-order valence-corrected chi connectivity index (χ4v) is 2.21. The molecular formula is C13H19FN2O. The third kappa shape index (κ3) is 2.76. The van der Waals surface area contributed by atoms with Gasteiger partial charge in [0.2, 0.25) is 0 Å². The summed E-state index contributed by atoms with van der Waals surface area (Å²) in [5.74, 6) is -0.227. The molecule has 0 bridgehead atoms. The number of ether oxygens (including phenoxy) is 1. The van der Waals surface area contributed by atoms with Gasteiger partial charge in [-0.1, -0.05) is 6.92 Å². The zero-order valence-electron chi connectivity index (χ0n) is 10.2. The maximum Gasteiger partial charge on any atom is 0.123 e. The average molecular weight is 238 g/mol. The second-order valence-electron chi connectivity index (χ2n) is 4.32. The minimum absolute atomic E-state index is 0.227. The van der Waals surface area contributed by atoms with E-state index in [1.807, 2.05) is 6.07 Å². The topological polar surface area (TPSA) is 38.5 Å². The van der Waals surface area contributed by atoms with E-state index in [1.165, 1.54) is 12.1 Å². The minimum Gasteiger partial charge on any atom is -0.375 e. The Hall–Kier alpha value is -1.13. The van der Waals surface area contributed by atoms with Crippen LogP contribution in [0.25, 0.3) is 0 Å². The molecule has 1 aromatic carbocycles. The molecule has 0 aliphatic carbocycles. The number of morpholine rings is 1. The molecule has 1 aliphatic heterocycles. The van der Waals surface area contributed by atoms with Gasteiger partial charge in [-0.25, -0.2) is 4.39 Å². The van der Waals surface area contributed by atoms with Crippen LogP contribution in [0.2, 0.25) is 0 Å². The van der Waals surface area contributed by atoms with Gasteiger partial charge in [-0.3, -0.25) is 0 Å². The smallest absolute Gasteiger partial charge is 0.123 e. The molecule has 0 amide bonds. The van der Waals surface area contributed by atoms with Gasteiger partial charge in [-0.2, -0.15) is 0 Å². The second kappa shape index (κ2) is 5.47. The summed E-state index contributed by atoms with van der Waals surface area (Å²) in [6, 6.07) is 4.83. The Bertz CT molecular complexity index is 384. The molecule has 0 radical (unpaired) electrons. The van der Waals surface area contributed by atoms with Crippen molar-refractivity contribution in [3.8, 4) is 0 Å². The Balaban J connectivity index is 2.20. The van der Waals surface area contributed by atoms with Crippen molar-refractivity contribution in [2.75, 3.05) is 24.6 Å². The van der Waals surface area contributed by atoms with Crippen molar-refractivity contribution < 1.29 is 9.13 Å². The van der Waals surface area contributed by atoms with Crippen molar-refractivity contribution >= 4 is 5.69 Å². The van der Waals surface area contributed by atoms with Crippen LogP contribution in [0.4, 0.5) is 10.1 Å². The van der Waals surface area contributed by atoms with Crippen LogP contribution >= 0.6 is 0 Å². The van der Waals surface area contributed by atoms with Gasteiger partial charge in [0.05, 0.1) is 12.7 Å². The van der Waals surface area contributed by atoms with Crippen LogP contribution in [0.1, 0.15) is 18.9 Å². The predicted octanol–water partition coefficient (Wildman–Crippen LogP) is 1.90. The van der Waals surface area contributed by atoms with E-state index in [9.17, 15) is 4.39 Å². The van der Waals surface area contributed by atoms with E-state index in [-0.39, 0.29) is 11.9 Å². The summed E-state index contributed by atoms with van der Waals surface area (Å²) < 4.78 is 18.8. The molecule has 1 fully saturated rings. The molecule has 4 heteroatoms. The first-order chi connectivity index (χ1) is 8.24. The van der Waals surface area contributed by atoms with Crippen LogP contribution in [-0.4, -0.2) is 25.8 Å². The Morgan fingerprint density at radius 3 is 3.06 bits per heavy atom. The standard InChI is InChI=1S/C13H19FN2O/c1-2-12-9-16(5-6-17-12)13-4-3-11(14)7-10(13)8-15/h3-4,7,12H,2,5-6,8-9,15H2,1H3. The van der Waals surface area contributed by atoms with Crippen LogP contribution in [0.5, 0.6) is 0 Å². The highest BCUT2D eigenvalue weighted by Crippen LogP contribution is 2.24. The molecule has 1 atom stereocenters. The van der Waals surface area contributed by atoms with Crippen LogP contribution in [0, 0.1) is 5.82 Å². The van der Waals surface area contributed by atoms with E-state index in [0.717, 1.165) is 37.4 Å². The Labute approximate surface area is 101 Å². The average Bonchev–Trinajstić information content (AvgIpc) is 2.38. The molecule has 1 aliphatic rings. The highest BCUT2D eigenvalue weighted by molar-refractivity contribution is 5.54. The lowest BCUT2D eigenvalue weighted by molar-refractivity contribution is 0.0384. The molecule has 1 heterocycles. The molecule has 0 aromatic heterocycles. The van der Waals surface area contributed by atoms with E-state index in [2.05, 4.69) is 11.8 Å². The Kier molecular flexibility index (Phi) is 3.97. The number of rotatable bonds is 3. The van der Waals surface area contributed by atoms with E-state index in [0.29, 0.717) is 6.54 Å². The van der Waals surface area contributed by atoms with E-state index < -0.39 is 0 Å². The monoisotopic (exact) mass is 238 g/mol. The first-order valence-electron chi connectivity index (χ1n) is 6.09.